The van der Waals surface area contributed by atoms with E-state index >= 15 is 0 Å². The van der Waals surface area contributed by atoms with Crippen LogP contribution in [-0.2, 0) is 11.2 Å². The number of aryl methyl sites for hydroxylation is 1. The van der Waals surface area contributed by atoms with Gasteiger partial charge in [-0.2, -0.15) is 0 Å². The zero-order valence-electron chi connectivity index (χ0n) is 21.6. The molecule has 3 aromatic carbocycles. The van der Waals surface area contributed by atoms with Crippen molar-refractivity contribution in [1.29, 1.82) is 0 Å². The highest BCUT2D eigenvalue weighted by Gasteiger charge is 2.33. The number of hydrogen-bond acceptors (Lipinski definition) is 6. The molecule has 1 amide bonds. The SMILES string of the molecule is COc1ccc(CC(=O)N2C(C)CN(c3ccc(OSc4ccc(C)cc4)cc3)CC2C)cc1OC. The van der Waals surface area contributed by atoms with Crippen molar-refractivity contribution in [2.24, 2.45) is 0 Å². The molecule has 1 aliphatic rings. The smallest absolute Gasteiger partial charge is 0.227 e. The van der Waals surface area contributed by atoms with Crippen molar-refractivity contribution in [3.63, 3.8) is 0 Å². The van der Waals surface area contributed by atoms with E-state index in [-0.39, 0.29) is 18.0 Å². The van der Waals surface area contributed by atoms with Crippen LogP contribution in [0, 0.1) is 6.92 Å². The van der Waals surface area contributed by atoms with Crippen LogP contribution in [0.2, 0.25) is 0 Å². The van der Waals surface area contributed by atoms with Gasteiger partial charge < -0.3 is 23.5 Å². The van der Waals surface area contributed by atoms with Crippen LogP contribution in [0.5, 0.6) is 17.2 Å². The zero-order chi connectivity index (χ0) is 25.7. The first-order valence-corrected chi connectivity index (χ1v) is 12.9. The lowest BCUT2D eigenvalue weighted by Crippen LogP contribution is -2.59. The van der Waals surface area contributed by atoms with Gasteiger partial charge >= 0.3 is 0 Å². The molecule has 3 aromatic rings. The van der Waals surface area contributed by atoms with Crippen molar-refractivity contribution < 1.29 is 18.5 Å². The Morgan fingerprint density at radius 3 is 2.14 bits per heavy atom. The van der Waals surface area contributed by atoms with Crippen molar-refractivity contribution in [1.82, 2.24) is 4.90 Å². The lowest BCUT2D eigenvalue weighted by atomic mass is 10.0. The van der Waals surface area contributed by atoms with E-state index in [9.17, 15) is 4.79 Å². The molecule has 1 fully saturated rings. The standard InChI is InChI=1S/C29H34N2O4S/c1-20-6-13-26(14-7-20)36-35-25-11-9-24(10-12-25)30-18-21(2)31(22(3)19-30)29(32)17-23-8-15-27(33-4)28(16-23)34-5/h6-16,21-22H,17-19H2,1-5H3. The molecule has 0 aliphatic carbocycles. The van der Waals surface area contributed by atoms with E-state index in [0.29, 0.717) is 17.9 Å². The first kappa shape index (κ1) is 25.8. The van der Waals surface area contributed by atoms with Gasteiger partial charge in [-0.1, -0.05) is 23.8 Å². The molecule has 0 aromatic heterocycles. The number of carbonyl (C=O) groups excluding carboxylic acids is 1. The number of carbonyl (C=O) groups is 1. The van der Waals surface area contributed by atoms with Gasteiger partial charge in [0.25, 0.3) is 0 Å². The van der Waals surface area contributed by atoms with Crippen LogP contribution in [0.25, 0.3) is 0 Å². The highest BCUT2D eigenvalue weighted by molar-refractivity contribution is 7.95. The second kappa shape index (κ2) is 11.6. The largest absolute Gasteiger partial charge is 0.493 e. The Morgan fingerprint density at radius 2 is 1.53 bits per heavy atom. The number of methoxy groups -OCH3 is 2. The summed E-state index contributed by atoms with van der Waals surface area (Å²) in [7, 11) is 3.21. The lowest BCUT2D eigenvalue weighted by Gasteiger charge is -2.45. The Morgan fingerprint density at radius 1 is 0.889 bits per heavy atom. The summed E-state index contributed by atoms with van der Waals surface area (Å²) in [4.78, 5) is 18.7. The summed E-state index contributed by atoms with van der Waals surface area (Å²) >= 11 is 1.36. The molecule has 6 nitrogen and oxygen atoms in total. The van der Waals surface area contributed by atoms with Gasteiger partial charge in [0, 0.05) is 35.8 Å². The van der Waals surface area contributed by atoms with Crippen molar-refractivity contribution in [2.45, 2.75) is 44.2 Å². The van der Waals surface area contributed by atoms with E-state index in [0.717, 1.165) is 35.0 Å². The quantitative estimate of drug-likeness (QED) is 0.362. The van der Waals surface area contributed by atoms with Crippen molar-refractivity contribution in [3.8, 4) is 17.2 Å². The van der Waals surface area contributed by atoms with Crippen LogP contribution < -0.4 is 18.6 Å². The zero-order valence-corrected chi connectivity index (χ0v) is 22.4. The number of rotatable bonds is 8. The molecule has 1 saturated heterocycles. The van der Waals surface area contributed by atoms with Gasteiger partial charge in [-0.05, 0) is 74.9 Å². The van der Waals surface area contributed by atoms with Gasteiger partial charge in [0.05, 0.1) is 32.7 Å². The molecule has 2 atom stereocenters. The summed E-state index contributed by atoms with van der Waals surface area (Å²) < 4.78 is 16.6. The highest BCUT2D eigenvalue weighted by Crippen LogP contribution is 2.30. The summed E-state index contributed by atoms with van der Waals surface area (Å²) in [5.74, 6) is 2.24. The van der Waals surface area contributed by atoms with Crippen molar-refractivity contribution in [2.75, 3.05) is 32.2 Å². The Labute approximate surface area is 218 Å². The third kappa shape index (κ3) is 6.08. The van der Waals surface area contributed by atoms with Crippen LogP contribution >= 0.6 is 12.0 Å². The number of ether oxygens (including phenoxy) is 2. The van der Waals surface area contributed by atoms with Gasteiger partial charge in [-0.15, -0.1) is 0 Å². The van der Waals surface area contributed by atoms with Gasteiger partial charge in [-0.25, -0.2) is 0 Å². The van der Waals surface area contributed by atoms with E-state index in [4.69, 9.17) is 13.7 Å². The third-order valence-electron chi connectivity index (χ3n) is 6.47. The lowest BCUT2D eigenvalue weighted by molar-refractivity contribution is -0.135. The maximum absolute atomic E-state index is 13.3. The van der Waals surface area contributed by atoms with Crippen molar-refractivity contribution in [3.05, 3.63) is 77.9 Å². The van der Waals surface area contributed by atoms with Crippen LogP contribution in [0.4, 0.5) is 5.69 Å². The molecule has 0 N–H and O–H groups in total. The fraction of sp³-hybridized carbons (Fsp3) is 0.345. The third-order valence-corrected chi connectivity index (χ3v) is 7.21. The molecular weight excluding hydrogens is 472 g/mol. The minimum atomic E-state index is 0.0920. The van der Waals surface area contributed by atoms with Crippen LogP contribution in [0.1, 0.15) is 25.0 Å². The molecule has 190 valence electrons. The number of hydrogen-bond donors (Lipinski definition) is 0. The Hall–Kier alpha value is -3.32. The molecule has 2 unspecified atom stereocenters. The van der Waals surface area contributed by atoms with Crippen LogP contribution in [-0.4, -0.2) is 50.2 Å². The van der Waals surface area contributed by atoms with E-state index in [2.05, 4.69) is 62.1 Å². The molecule has 4 rings (SSSR count). The Balaban J connectivity index is 1.35. The monoisotopic (exact) mass is 506 g/mol. The van der Waals surface area contributed by atoms with Gasteiger partial charge in [0.1, 0.15) is 5.75 Å². The molecule has 7 heteroatoms. The second-order valence-corrected chi connectivity index (χ2v) is 10.0. The van der Waals surface area contributed by atoms with Crippen LogP contribution in [0.15, 0.2) is 71.6 Å². The first-order valence-electron chi connectivity index (χ1n) is 12.2. The molecule has 0 radical (unpaired) electrons. The molecule has 0 spiro atoms. The summed E-state index contributed by atoms with van der Waals surface area (Å²) in [6.45, 7) is 7.86. The summed E-state index contributed by atoms with van der Waals surface area (Å²) in [6.07, 6.45) is 0.333. The summed E-state index contributed by atoms with van der Waals surface area (Å²) in [6, 6.07) is 22.3. The van der Waals surface area contributed by atoms with Gasteiger partial charge in [-0.3, -0.25) is 4.79 Å². The molecule has 1 aliphatic heterocycles. The van der Waals surface area contributed by atoms with E-state index in [1.807, 2.05) is 35.2 Å². The predicted octanol–water partition coefficient (Wildman–Crippen LogP) is 5.77. The maximum atomic E-state index is 13.3. The number of nitrogens with zero attached hydrogens (tertiary/aromatic N) is 2. The predicted molar refractivity (Wildman–Crippen MR) is 145 cm³/mol. The average Bonchev–Trinajstić information content (AvgIpc) is 2.88. The molecular formula is C29H34N2O4S. The first-order chi connectivity index (χ1) is 17.4. The number of benzene rings is 3. The Bertz CT molecular complexity index is 1150. The molecule has 1 heterocycles. The number of piperazine rings is 1. The van der Waals surface area contributed by atoms with Crippen LogP contribution in [0.3, 0.4) is 0 Å². The normalized spacial score (nSPS) is 17.6. The van der Waals surface area contributed by atoms with Gasteiger partial charge in [0.2, 0.25) is 5.91 Å². The molecule has 36 heavy (non-hydrogen) atoms. The number of anilines is 1. The van der Waals surface area contributed by atoms with Crippen molar-refractivity contribution >= 4 is 23.6 Å². The molecule has 0 bridgehead atoms. The van der Waals surface area contributed by atoms with E-state index in [1.54, 1.807) is 14.2 Å². The molecule has 0 saturated carbocycles. The minimum absolute atomic E-state index is 0.0920. The maximum Gasteiger partial charge on any atom is 0.227 e. The Kier molecular flexibility index (Phi) is 8.31. The summed E-state index contributed by atoms with van der Waals surface area (Å²) in [5.41, 5.74) is 3.28. The topological polar surface area (TPSA) is 51.2 Å². The number of amides is 1. The highest BCUT2D eigenvalue weighted by atomic mass is 32.2. The minimum Gasteiger partial charge on any atom is -0.493 e. The fourth-order valence-electron chi connectivity index (χ4n) is 4.68. The fourth-order valence-corrected chi connectivity index (χ4v) is 5.24. The summed E-state index contributed by atoms with van der Waals surface area (Å²) in [5, 5.41) is 0. The van der Waals surface area contributed by atoms with E-state index < -0.39 is 0 Å². The average molecular weight is 507 g/mol. The van der Waals surface area contributed by atoms with E-state index in [1.165, 1.54) is 17.6 Å². The van der Waals surface area contributed by atoms with Gasteiger partial charge in [0.15, 0.2) is 11.5 Å². The second-order valence-electron chi connectivity index (χ2n) is 9.24.